The van der Waals surface area contributed by atoms with Gasteiger partial charge in [0.2, 0.25) is 0 Å². The van der Waals surface area contributed by atoms with Gasteiger partial charge in [0, 0.05) is 0 Å². The van der Waals surface area contributed by atoms with Crippen LogP contribution in [0.2, 0.25) is 0 Å². The summed E-state index contributed by atoms with van der Waals surface area (Å²) in [6.07, 6.45) is 0. The van der Waals surface area contributed by atoms with Crippen molar-refractivity contribution in [3.05, 3.63) is 60.2 Å². The first-order valence-electron chi connectivity index (χ1n) is 6.43. The molecule has 1 amide bonds. The molecule has 0 fully saturated rings. The zero-order valence-electron chi connectivity index (χ0n) is 11.9. The molecule has 5 nitrogen and oxygen atoms in total. The molecule has 1 unspecified atom stereocenters. The van der Waals surface area contributed by atoms with E-state index in [0.717, 1.165) is 0 Å². The molecule has 0 saturated heterocycles. The van der Waals surface area contributed by atoms with Crippen molar-refractivity contribution in [2.75, 3.05) is 7.11 Å². The molecule has 0 saturated carbocycles. The Morgan fingerprint density at radius 1 is 1.05 bits per heavy atom. The zero-order valence-corrected chi connectivity index (χ0v) is 11.9. The van der Waals surface area contributed by atoms with Gasteiger partial charge in [0.15, 0.2) is 5.60 Å². The van der Waals surface area contributed by atoms with E-state index in [1.165, 1.54) is 14.0 Å². The quantitative estimate of drug-likeness (QED) is 0.828. The van der Waals surface area contributed by atoms with Crippen LogP contribution in [-0.4, -0.2) is 18.1 Å². The number of hydrogen-bond donors (Lipinski definition) is 2. The maximum atomic E-state index is 11.7. The molecule has 2 rings (SSSR count). The lowest BCUT2D eigenvalue weighted by Gasteiger charge is -2.22. The number of benzene rings is 2. The molecule has 0 bridgehead atoms. The first kappa shape index (κ1) is 15.0. The minimum Gasteiger partial charge on any atom is -0.457 e. The molecule has 2 N–H and O–H groups in total. The molecule has 0 heterocycles. The second kappa shape index (κ2) is 6.39. The van der Waals surface area contributed by atoms with Crippen molar-refractivity contribution in [1.82, 2.24) is 5.48 Å². The number of rotatable bonds is 5. The van der Waals surface area contributed by atoms with E-state index >= 15 is 0 Å². The van der Waals surface area contributed by atoms with Gasteiger partial charge in [-0.1, -0.05) is 30.3 Å². The van der Waals surface area contributed by atoms with Crippen molar-refractivity contribution in [1.29, 1.82) is 0 Å². The van der Waals surface area contributed by atoms with Crippen LogP contribution in [0.5, 0.6) is 11.5 Å². The molecule has 2 aromatic carbocycles. The van der Waals surface area contributed by atoms with E-state index in [-0.39, 0.29) is 0 Å². The molecule has 0 radical (unpaired) electrons. The van der Waals surface area contributed by atoms with Crippen molar-refractivity contribution < 1.29 is 19.5 Å². The van der Waals surface area contributed by atoms with Gasteiger partial charge in [-0.05, 0) is 36.8 Å². The number of hydrogen-bond acceptors (Lipinski definition) is 4. The smallest absolute Gasteiger partial charge is 0.279 e. The van der Waals surface area contributed by atoms with Crippen LogP contribution in [0.15, 0.2) is 54.6 Å². The molecule has 21 heavy (non-hydrogen) atoms. The Labute approximate surface area is 123 Å². The van der Waals surface area contributed by atoms with Crippen LogP contribution in [0, 0.1) is 0 Å². The Morgan fingerprint density at radius 2 is 1.62 bits per heavy atom. The van der Waals surface area contributed by atoms with E-state index in [4.69, 9.17) is 4.74 Å². The van der Waals surface area contributed by atoms with Crippen LogP contribution in [0.4, 0.5) is 0 Å². The summed E-state index contributed by atoms with van der Waals surface area (Å²) in [4.78, 5) is 16.3. The third kappa shape index (κ3) is 3.59. The van der Waals surface area contributed by atoms with Crippen molar-refractivity contribution in [2.24, 2.45) is 0 Å². The number of para-hydroxylation sites is 1. The Morgan fingerprint density at radius 3 is 2.19 bits per heavy atom. The van der Waals surface area contributed by atoms with Crippen LogP contribution in [0.1, 0.15) is 12.5 Å². The summed E-state index contributed by atoms with van der Waals surface area (Å²) < 4.78 is 5.65. The highest BCUT2D eigenvalue weighted by Gasteiger charge is 2.32. The SMILES string of the molecule is CONC(=O)C(C)(O)c1ccc(Oc2ccccc2)cc1. The van der Waals surface area contributed by atoms with E-state index < -0.39 is 11.5 Å². The molecule has 0 aliphatic heterocycles. The zero-order chi connectivity index (χ0) is 15.3. The largest absolute Gasteiger partial charge is 0.457 e. The van der Waals surface area contributed by atoms with E-state index in [9.17, 15) is 9.90 Å². The highest BCUT2D eigenvalue weighted by atomic mass is 16.6. The van der Waals surface area contributed by atoms with E-state index in [1.807, 2.05) is 30.3 Å². The van der Waals surface area contributed by atoms with Gasteiger partial charge in [-0.2, -0.15) is 0 Å². The Bertz CT molecular complexity index is 593. The highest BCUT2D eigenvalue weighted by molar-refractivity contribution is 5.85. The second-order valence-corrected chi connectivity index (χ2v) is 4.65. The molecule has 0 aliphatic carbocycles. The maximum absolute atomic E-state index is 11.7. The number of carbonyl (C=O) groups is 1. The number of amides is 1. The average molecular weight is 287 g/mol. The molecular weight excluding hydrogens is 270 g/mol. The van der Waals surface area contributed by atoms with Crippen molar-refractivity contribution in [2.45, 2.75) is 12.5 Å². The van der Waals surface area contributed by atoms with E-state index in [0.29, 0.717) is 17.1 Å². The fourth-order valence-corrected chi connectivity index (χ4v) is 1.80. The number of carbonyl (C=O) groups excluding carboxylic acids is 1. The Hall–Kier alpha value is -2.37. The van der Waals surface area contributed by atoms with Gasteiger partial charge in [-0.25, -0.2) is 5.48 Å². The van der Waals surface area contributed by atoms with Gasteiger partial charge in [-0.3, -0.25) is 9.63 Å². The number of nitrogens with one attached hydrogen (secondary N) is 1. The fourth-order valence-electron chi connectivity index (χ4n) is 1.80. The lowest BCUT2D eigenvalue weighted by Crippen LogP contribution is -2.41. The molecular formula is C16H17NO4. The van der Waals surface area contributed by atoms with Gasteiger partial charge in [0.25, 0.3) is 5.91 Å². The first-order chi connectivity index (χ1) is 10.0. The summed E-state index contributed by atoms with van der Waals surface area (Å²) >= 11 is 0. The van der Waals surface area contributed by atoms with Gasteiger partial charge >= 0.3 is 0 Å². The van der Waals surface area contributed by atoms with Crippen molar-refractivity contribution >= 4 is 5.91 Å². The number of hydroxylamine groups is 1. The predicted octanol–water partition coefficient (Wildman–Crippen LogP) is 2.36. The lowest BCUT2D eigenvalue weighted by molar-refractivity contribution is -0.150. The van der Waals surface area contributed by atoms with E-state index in [1.54, 1.807) is 24.3 Å². The molecule has 0 aromatic heterocycles. The van der Waals surface area contributed by atoms with Crippen LogP contribution in [0.25, 0.3) is 0 Å². The normalized spacial score (nSPS) is 13.3. The minimum atomic E-state index is -1.68. The monoisotopic (exact) mass is 287 g/mol. The third-order valence-corrected chi connectivity index (χ3v) is 3.03. The summed E-state index contributed by atoms with van der Waals surface area (Å²) in [5.41, 5.74) is 0.881. The summed E-state index contributed by atoms with van der Waals surface area (Å²) in [6, 6.07) is 16.0. The number of ether oxygens (including phenoxy) is 1. The summed E-state index contributed by atoms with van der Waals surface area (Å²) in [6.45, 7) is 1.40. The topological polar surface area (TPSA) is 67.8 Å². The van der Waals surface area contributed by atoms with Crippen LogP contribution < -0.4 is 10.2 Å². The molecule has 0 aliphatic rings. The summed E-state index contributed by atoms with van der Waals surface area (Å²) in [7, 11) is 1.31. The highest BCUT2D eigenvalue weighted by Crippen LogP contribution is 2.26. The standard InChI is InChI=1S/C16H17NO4/c1-16(19,15(18)17-20-2)12-8-10-14(11-9-12)21-13-6-4-3-5-7-13/h3-11,19H,1-2H3,(H,17,18). The van der Waals surface area contributed by atoms with Gasteiger partial charge < -0.3 is 9.84 Å². The Balaban J connectivity index is 2.13. The van der Waals surface area contributed by atoms with Gasteiger partial charge in [0.1, 0.15) is 11.5 Å². The van der Waals surface area contributed by atoms with Gasteiger partial charge in [0.05, 0.1) is 7.11 Å². The van der Waals surface area contributed by atoms with Crippen molar-refractivity contribution in [3.8, 4) is 11.5 Å². The molecule has 110 valence electrons. The van der Waals surface area contributed by atoms with Gasteiger partial charge in [-0.15, -0.1) is 0 Å². The molecule has 2 aromatic rings. The van der Waals surface area contributed by atoms with E-state index in [2.05, 4.69) is 10.3 Å². The second-order valence-electron chi connectivity index (χ2n) is 4.65. The summed E-state index contributed by atoms with van der Waals surface area (Å²) in [5.74, 6) is 0.698. The van der Waals surface area contributed by atoms with Crippen molar-refractivity contribution in [3.63, 3.8) is 0 Å². The van der Waals surface area contributed by atoms with Crippen LogP contribution in [0.3, 0.4) is 0 Å². The first-order valence-corrected chi connectivity index (χ1v) is 6.43. The predicted molar refractivity (Wildman–Crippen MR) is 77.7 cm³/mol. The van der Waals surface area contributed by atoms with Crippen LogP contribution >= 0.6 is 0 Å². The lowest BCUT2D eigenvalue weighted by atomic mass is 9.95. The molecule has 1 atom stereocenters. The Kier molecular flexibility index (Phi) is 4.57. The fraction of sp³-hybridized carbons (Fsp3) is 0.188. The van der Waals surface area contributed by atoms with Crippen LogP contribution in [-0.2, 0) is 15.2 Å². The third-order valence-electron chi connectivity index (χ3n) is 3.03. The number of aliphatic hydroxyl groups is 1. The molecule has 0 spiro atoms. The maximum Gasteiger partial charge on any atom is 0.279 e. The average Bonchev–Trinajstić information content (AvgIpc) is 2.49. The molecule has 5 heteroatoms. The summed E-state index contributed by atoms with van der Waals surface area (Å²) in [5, 5.41) is 10.2. The minimum absolute atomic E-state index is 0.442.